The predicted octanol–water partition coefficient (Wildman–Crippen LogP) is 3.17. The van der Waals surface area contributed by atoms with Gasteiger partial charge >= 0.3 is 6.03 Å². The molecule has 0 spiro atoms. The van der Waals surface area contributed by atoms with E-state index in [4.69, 9.17) is 0 Å². The molecule has 1 saturated heterocycles. The van der Waals surface area contributed by atoms with Crippen LogP contribution in [0.15, 0.2) is 48.5 Å². The van der Waals surface area contributed by atoms with E-state index in [-0.39, 0.29) is 23.8 Å². The van der Waals surface area contributed by atoms with Crippen LogP contribution in [0.5, 0.6) is 0 Å². The Bertz CT molecular complexity index is 776. The van der Waals surface area contributed by atoms with E-state index in [0.29, 0.717) is 30.8 Å². The van der Waals surface area contributed by atoms with Gasteiger partial charge in [0.15, 0.2) is 0 Å². The van der Waals surface area contributed by atoms with Crippen molar-refractivity contribution in [3.05, 3.63) is 65.5 Å². The molecule has 0 unspecified atom stereocenters. The van der Waals surface area contributed by atoms with Gasteiger partial charge in [0.1, 0.15) is 5.82 Å². The van der Waals surface area contributed by atoms with Gasteiger partial charge in [0.25, 0.3) is 5.91 Å². The van der Waals surface area contributed by atoms with Crippen LogP contribution in [0, 0.1) is 12.7 Å². The molecular formula is C19H20FN3O2. The average Bonchev–Trinajstić information content (AvgIpc) is 3.05. The summed E-state index contributed by atoms with van der Waals surface area (Å²) in [5.41, 5.74) is 2.15. The molecule has 0 aromatic heterocycles. The van der Waals surface area contributed by atoms with Crippen LogP contribution in [0.2, 0.25) is 0 Å². The van der Waals surface area contributed by atoms with Crippen LogP contribution < -0.4 is 10.6 Å². The van der Waals surface area contributed by atoms with E-state index in [0.717, 1.165) is 5.56 Å². The number of aryl methyl sites for hydroxylation is 1. The predicted molar refractivity (Wildman–Crippen MR) is 94.0 cm³/mol. The number of benzene rings is 2. The zero-order chi connectivity index (χ0) is 17.8. The second-order valence-electron chi connectivity index (χ2n) is 6.16. The molecule has 1 aliphatic heterocycles. The van der Waals surface area contributed by atoms with Crippen molar-refractivity contribution in [2.24, 2.45) is 0 Å². The first-order chi connectivity index (χ1) is 12.0. The lowest BCUT2D eigenvalue weighted by molar-refractivity contribution is 0.0789. The minimum Gasteiger partial charge on any atom is -0.337 e. The summed E-state index contributed by atoms with van der Waals surface area (Å²) in [6.45, 7) is 2.99. The zero-order valence-corrected chi connectivity index (χ0v) is 14.0. The van der Waals surface area contributed by atoms with Gasteiger partial charge in [-0.2, -0.15) is 0 Å². The molecule has 1 fully saturated rings. The lowest BCUT2D eigenvalue weighted by Gasteiger charge is -2.18. The summed E-state index contributed by atoms with van der Waals surface area (Å²) < 4.78 is 12.9. The van der Waals surface area contributed by atoms with Crippen LogP contribution in [-0.4, -0.2) is 36.0 Å². The number of halogens is 1. The van der Waals surface area contributed by atoms with Crippen molar-refractivity contribution in [2.45, 2.75) is 19.4 Å². The third-order valence-electron chi connectivity index (χ3n) is 4.29. The van der Waals surface area contributed by atoms with Crippen LogP contribution in [0.4, 0.5) is 14.9 Å². The van der Waals surface area contributed by atoms with Gasteiger partial charge in [0.2, 0.25) is 0 Å². The first-order valence-electron chi connectivity index (χ1n) is 8.21. The van der Waals surface area contributed by atoms with Crippen LogP contribution in [-0.2, 0) is 0 Å². The number of amides is 3. The van der Waals surface area contributed by atoms with Crippen molar-refractivity contribution in [1.82, 2.24) is 10.2 Å². The van der Waals surface area contributed by atoms with E-state index in [9.17, 15) is 14.0 Å². The Morgan fingerprint density at radius 3 is 2.56 bits per heavy atom. The van der Waals surface area contributed by atoms with E-state index in [1.54, 1.807) is 4.90 Å². The Morgan fingerprint density at radius 2 is 1.84 bits per heavy atom. The zero-order valence-electron chi connectivity index (χ0n) is 14.0. The van der Waals surface area contributed by atoms with Gasteiger partial charge in [-0.3, -0.25) is 4.79 Å². The van der Waals surface area contributed by atoms with Gasteiger partial charge in [-0.15, -0.1) is 0 Å². The number of rotatable bonds is 3. The topological polar surface area (TPSA) is 61.4 Å². The molecule has 5 nitrogen and oxygen atoms in total. The van der Waals surface area contributed by atoms with Gasteiger partial charge in [-0.25, -0.2) is 9.18 Å². The van der Waals surface area contributed by atoms with Gasteiger partial charge < -0.3 is 15.5 Å². The highest BCUT2D eigenvalue weighted by Crippen LogP contribution is 2.16. The Hall–Kier alpha value is -2.89. The molecule has 2 aromatic rings. The SMILES string of the molecule is Cc1ccccc1C(=O)N1CC[C@@H](NC(=O)Nc2ccc(F)cc2)C1. The number of likely N-dealkylation sites (tertiary alicyclic amines) is 1. The van der Waals surface area contributed by atoms with Gasteiger partial charge in [-0.05, 0) is 49.2 Å². The minimum absolute atomic E-state index is 0.0126. The van der Waals surface area contributed by atoms with Crippen molar-refractivity contribution >= 4 is 17.6 Å². The largest absolute Gasteiger partial charge is 0.337 e. The number of carbonyl (C=O) groups excluding carboxylic acids is 2. The maximum absolute atomic E-state index is 12.9. The second-order valence-corrected chi connectivity index (χ2v) is 6.16. The minimum atomic E-state index is -0.359. The molecule has 1 atom stereocenters. The van der Waals surface area contributed by atoms with Gasteiger partial charge in [0, 0.05) is 30.4 Å². The highest BCUT2D eigenvalue weighted by molar-refractivity contribution is 5.96. The van der Waals surface area contributed by atoms with Crippen molar-refractivity contribution in [1.29, 1.82) is 0 Å². The molecule has 2 N–H and O–H groups in total. The molecule has 0 saturated carbocycles. The molecule has 3 amide bonds. The molecule has 130 valence electrons. The van der Waals surface area contributed by atoms with Crippen LogP contribution >= 0.6 is 0 Å². The molecular weight excluding hydrogens is 321 g/mol. The quantitative estimate of drug-likeness (QED) is 0.901. The molecule has 0 aliphatic carbocycles. The number of urea groups is 1. The van der Waals surface area contributed by atoms with Crippen LogP contribution in [0.25, 0.3) is 0 Å². The standard InChI is InChI=1S/C19H20FN3O2/c1-13-4-2-3-5-17(13)18(24)23-11-10-16(12-23)22-19(25)21-15-8-6-14(20)7-9-15/h2-9,16H,10-12H2,1H3,(H2,21,22,25)/t16-/m1/s1. The maximum Gasteiger partial charge on any atom is 0.319 e. The highest BCUT2D eigenvalue weighted by Gasteiger charge is 2.28. The smallest absolute Gasteiger partial charge is 0.319 e. The maximum atomic E-state index is 12.9. The number of nitrogens with zero attached hydrogens (tertiary/aromatic N) is 1. The molecule has 25 heavy (non-hydrogen) atoms. The van der Waals surface area contributed by atoms with Crippen molar-refractivity contribution in [3.8, 4) is 0 Å². The lowest BCUT2D eigenvalue weighted by Crippen LogP contribution is -2.40. The fourth-order valence-electron chi connectivity index (χ4n) is 2.93. The molecule has 0 radical (unpaired) electrons. The molecule has 3 rings (SSSR count). The first-order valence-corrected chi connectivity index (χ1v) is 8.21. The summed E-state index contributed by atoms with van der Waals surface area (Å²) >= 11 is 0. The van der Waals surface area contributed by atoms with Crippen LogP contribution in [0.3, 0.4) is 0 Å². The van der Waals surface area contributed by atoms with E-state index in [2.05, 4.69) is 10.6 Å². The summed E-state index contributed by atoms with van der Waals surface area (Å²) in [6, 6.07) is 12.6. The fraction of sp³-hybridized carbons (Fsp3) is 0.263. The third-order valence-corrected chi connectivity index (χ3v) is 4.29. The first kappa shape index (κ1) is 17.0. The average molecular weight is 341 g/mol. The molecule has 0 bridgehead atoms. The van der Waals surface area contributed by atoms with Crippen molar-refractivity contribution < 1.29 is 14.0 Å². The summed E-state index contributed by atoms with van der Waals surface area (Å²) in [5.74, 6) is -0.367. The number of hydrogen-bond donors (Lipinski definition) is 2. The summed E-state index contributed by atoms with van der Waals surface area (Å²) in [7, 11) is 0. The molecule has 1 aliphatic rings. The normalized spacial score (nSPS) is 16.6. The second kappa shape index (κ2) is 7.34. The number of carbonyl (C=O) groups is 2. The van der Waals surface area contributed by atoms with E-state index in [1.807, 2.05) is 31.2 Å². The Morgan fingerprint density at radius 1 is 1.12 bits per heavy atom. The Balaban J connectivity index is 1.54. The highest BCUT2D eigenvalue weighted by atomic mass is 19.1. The monoisotopic (exact) mass is 341 g/mol. The lowest BCUT2D eigenvalue weighted by atomic mass is 10.1. The van der Waals surface area contributed by atoms with E-state index < -0.39 is 0 Å². The van der Waals surface area contributed by atoms with E-state index >= 15 is 0 Å². The van der Waals surface area contributed by atoms with E-state index in [1.165, 1.54) is 24.3 Å². The van der Waals surface area contributed by atoms with Crippen molar-refractivity contribution in [3.63, 3.8) is 0 Å². The third kappa shape index (κ3) is 4.15. The number of nitrogens with one attached hydrogen (secondary N) is 2. The molecule has 1 heterocycles. The Kier molecular flexibility index (Phi) is 4.97. The Labute approximate surface area is 145 Å². The van der Waals surface area contributed by atoms with Crippen LogP contribution in [0.1, 0.15) is 22.3 Å². The molecule has 2 aromatic carbocycles. The number of hydrogen-bond acceptors (Lipinski definition) is 2. The van der Waals surface area contributed by atoms with Gasteiger partial charge in [-0.1, -0.05) is 18.2 Å². The molecule has 6 heteroatoms. The van der Waals surface area contributed by atoms with Crippen molar-refractivity contribution in [2.75, 3.05) is 18.4 Å². The summed E-state index contributed by atoms with van der Waals surface area (Å²) in [6.07, 6.45) is 0.703. The summed E-state index contributed by atoms with van der Waals surface area (Å²) in [4.78, 5) is 26.4. The number of anilines is 1. The fourth-order valence-corrected chi connectivity index (χ4v) is 2.93. The van der Waals surface area contributed by atoms with Gasteiger partial charge in [0.05, 0.1) is 0 Å². The summed E-state index contributed by atoms with van der Waals surface area (Å²) in [5, 5.41) is 5.52.